The van der Waals surface area contributed by atoms with Crippen molar-refractivity contribution in [3.8, 4) is 0 Å². The predicted octanol–water partition coefficient (Wildman–Crippen LogP) is 2.09. The molecule has 1 saturated heterocycles. The van der Waals surface area contributed by atoms with E-state index < -0.39 is 11.6 Å². The number of amides is 2. The molecule has 1 aromatic rings. The number of rotatable bonds is 5. The number of hydrogen-bond acceptors (Lipinski definition) is 2. The van der Waals surface area contributed by atoms with Crippen molar-refractivity contribution in [2.45, 2.75) is 37.8 Å². The van der Waals surface area contributed by atoms with Gasteiger partial charge in [0.15, 0.2) is 5.67 Å². The van der Waals surface area contributed by atoms with Crippen LogP contribution in [-0.4, -0.2) is 42.0 Å². The number of nitrogens with zero attached hydrogens (tertiary/aromatic N) is 1. The van der Waals surface area contributed by atoms with Crippen LogP contribution in [0.2, 0.25) is 0 Å². The van der Waals surface area contributed by atoms with Crippen molar-refractivity contribution in [2.24, 2.45) is 5.92 Å². The Bertz CT molecular complexity index is 564. The highest BCUT2D eigenvalue weighted by atomic mass is 19.1. The highest BCUT2D eigenvalue weighted by molar-refractivity contribution is 5.86. The zero-order valence-corrected chi connectivity index (χ0v) is 13.3. The predicted molar refractivity (Wildman–Crippen MR) is 85.5 cm³/mol. The molecule has 0 atom stereocenters. The number of nitrogens with one attached hydrogen (secondary N) is 1. The van der Waals surface area contributed by atoms with Crippen molar-refractivity contribution >= 4 is 11.8 Å². The van der Waals surface area contributed by atoms with Gasteiger partial charge < -0.3 is 10.2 Å². The molecule has 0 aromatic heterocycles. The summed E-state index contributed by atoms with van der Waals surface area (Å²) >= 11 is 0. The average Bonchev–Trinajstić information content (AvgIpc) is 3.38. The lowest BCUT2D eigenvalue weighted by atomic mass is 9.92. The second-order valence-electron chi connectivity index (χ2n) is 6.66. The van der Waals surface area contributed by atoms with Gasteiger partial charge in [0.2, 0.25) is 5.91 Å². The lowest BCUT2D eigenvalue weighted by molar-refractivity contribution is -0.141. The zero-order valence-electron chi connectivity index (χ0n) is 13.3. The second kappa shape index (κ2) is 6.69. The maximum atomic E-state index is 14.8. The van der Waals surface area contributed by atoms with Crippen LogP contribution in [0.4, 0.5) is 4.39 Å². The highest BCUT2D eigenvalue weighted by Crippen LogP contribution is 2.30. The third kappa shape index (κ3) is 4.09. The van der Waals surface area contributed by atoms with E-state index in [2.05, 4.69) is 5.32 Å². The van der Waals surface area contributed by atoms with Crippen molar-refractivity contribution < 1.29 is 14.0 Å². The molecule has 1 aliphatic carbocycles. The Kier molecular flexibility index (Phi) is 4.64. The van der Waals surface area contributed by atoms with E-state index in [1.54, 1.807) is 4.90 Å². The molecule has 2 amide bonds. The molecule has 2 aliphatic rings. The van der Waals surface area contributed by atoms with Gasteiger partial charge in [0, 0.05) is 32.5 Å². The molecule has 2 fully saturated rings. The molecule has 0 radical (unpaired) electrons. The lowest BCUT2D eigenvalue weighted by Crippen LogP contribution is -2.52. The van der Waals surface area contributed by atoms with Gasteiger partial charge in [-0.3, -0.25) is 9.59 Å². The summed E-state index contributed by atoms with van der Waals surface area (Å²) in [5.74, 6) is 0.0336. The third-order valence-corrected chi connectivity index (χ3v) is 4.76. The van der Waals surface area contributed by atoms with Crippen LogP contribution in [0.1, 0.15) is 31.2 Å². The minimum atomic E-state index is -1.82. The number of likely N-dealkylation sites (tertiary alicyclic amines) is 1. The summed E-state index contributed by atoms with van der Waals surface area (Å²) in [5, 5.41) is 2.72. The Morgan fingerprint density at radius 2 is 1.83 bits per heavy atom. The minimum absolute atomic E-state index is 0.00311. The van der Waals surface area contributed by atoms with Gasteiger partial charge in [-0.15, -0.1) is 0 Å². The van der Waals surface area contributed by atoms with Gasteiger partial charge in [-0.1, -0.05) is 30.3 Å². The average molecular weight is 318 g/mol. The van der Waals surface area contributed by atoms with E-state index >= 15 is 0 Å². The Balaban J connectivity index is 1.48. The molecule has 1 aliphatic heterocycles. The quantitative estimate of drug-likeness (QED) is 0.904. The van der Waals surface area contributed by atoms with Gasteiger partial charge in [0.1, 0.15) is 0 Å². The van der Waals surface area contributed by atoms with E-state index in [9.17, 15) is 14.0 Å². The monoisotopic (exact) mass is 318 g/mol. The normalized spacial score (nSPS) is 20.1. The molecule has 1 heterocycles. The molecule has 124 valence electrons. The number of carbonyl (C=O) groups is 2. The molecule has 3 rings (SSSR count). The molecule has 0 spiro atoms. The van der Waals surface area contributed by atoms with Crippen LogP contribution in [-0.2, 0) is 16.0 Å². The van der Waals surface area contributed by atoms with E-state index in [1.165, 1.54) is 0 Å². The number of hydrogen-bond donors (Lipinski definition) is 1. The fraction of sp³-hybridized carbons (Fsp3) is 0.556. The summed E-state index contributed by atoms with van der Waals surface area (Å²) in [5.41, 5.74) is -0.866. The van der Waals surface area contributed by atoms with E-state index in [1.807, 2.05) is 30.3 Å². The van der Waals surface area contributed by atoms with Crippen LogP contribution in [0.25, 0.3) is 0 Å². The first-order valence-corrected chi connectivity index (χ1v) is 8.36. The summed E-state index contributed by atoms with van der Waals surface area (Å²) in [7, 11) is 0. The number of carbonyl (C=O) groups excluding carboxylic acids is 2. The highest BCUT2D eigenvalue weighted by Gasteiger charge is 2.42. The standard InChI is InChI=1S/C18H23FN2O2/c19-18(17(23)20-13-15-6-7-15)8-10-21(11-9-18)16(22)12-14-4-2-1-3-5-14/h1-5,15H,6-13H2,(H,20,23). The van der Waals surface area contributed by atoms with Crippen LogP contribution >= 0.6 is 0 Å². The van der Waals surface area contributed by atoms with Gasteiger partial charge in [0.05, 0.1) is 6.42 Å². The first-order chi connectivity index (χ1) is 11.1. The van der Waals surface area contributed by atoms with E-state index in [0.29, 0.717) is 32.0 Å². The smallest absolute Gasteiger partial charge is 0.257 e. The Morgan fingerprint density at radius 1 is 1.17 bits per heavy atom. The topological polar surface area (TPSA) is 49.4 Å². The number of alkyl halides is 1. The van der Waals surface area contributed by atoms with Crippen molar-refractivity contribution in [1.29, 1.82) is 0 Å². The first-order valence-electron chi connectivity index (χ1n) is 8.36. The molecule has 0 unspecified atom stereocenters. The maximum Gasteiger partial charge on any atom is 0.257 e. The molecular formula is C18H23FN2O2. The van der Waals surface area contributed by atoms with Crippen LogP contribution in [0.15, 0.2) is 30.3 Å². The van der Waals surface area contributed by atoms with E-state index in [4.69, 9.17) is 0 Å². The fourth-order valence-electron chi connectivity index (χ4n) is 2.94. The molecule has 1 aromatic carbocycles. The van der Waals surface area contributed by atoms with E-state index in [-0.39, 0.29) is 18.7 Å². The zero-order chi connectivity index (χ0) is 16.3. The molecule has 1 saturated carbocycles. The molecule has 0 bridgehead atoms. The Hall–Kier alpha value is -1.91. The van der Waals surface area contributed by atoms with Crippen LogP contribution in [0.3, 0.4) is 0 Å². The Labute approximate surface area is 136 Å². The first kappa shape index (κ1) is 16.0. The van der Waals surface area contributed by atoms with Gasteiger partial charge in [0.25, 0.3) is 5.91 Å². The summed E-state index contributed by atoms with van der Waals surface area (Å²) in [6, 6.07) is 9.52. The van der Waals surface area contributed by atoms with Crippen molar-refractivity contribution in [3.63, 3.8) is 0 Å². The van der Waals surface area contributed by atoms with Crippen molar-refractivity contribution in [2.75, 3.05) is 19.6 Å². The second-order valence-corrected chi connectivity index (χ2v) is 6.66. The van der Waals surface area contributed by atoms with Gasteiger partial charge in [-0.25, -0.2) is 4.39 Å². The summed E-state index contributed by atoms with van der Waals surface area (Å²) < 4.78 is 14.8. The largest absolute Gasteiger partial charge is 0.353 e. The molecule has 23 heavy (non-hydrogen) atoms. The van der Waals surface area contributed by atoms with Gasteiger partial charge >= 0.3 is 0 Å². The molecule has 5 heteroatoms. The summed E-state index contributed by atoms with van der Waals surface area (Å²) in [6.45, 7) is 1.19. The summed E-state index contributed by atoms with van der Waals surface area (Å²) in [6.07, 6.45) is 2.75. The van der Waals surface area contributed by atoms with Crippen molar-refractivity contribution in [1.82, 2.24) is 10.2 Å². The third-order valence-electron chi connectivity index (χ3n) is 4.76. The number of benzene rings is 1. The molecular weight excluding hydrogens is 295 g/mol. The molecule has 1 N–H and O–H groups in total. The lowest BCUT2D eigenvalue weighted by Gasteiger charge is -2.35. The van der Waals surface area contributed by atoms with Gasteiger partial charge in [-0.2, -0.15) is 0 Å². The SMILES string of the molecule is O=C(Cc1ccccc1)N1CCC(F)(C(=O)NCC2CC2)CC1. The van der Waals surface area contributed by atoms with Crippen LogP contribution in [0, 0.1) is 5.92 Å². The van der Waals surface area contributed by atoms with Crippen LogP contribution < -0.4 is 5.32 Å². The minimum Gasteiger partial charge on any atom is -0.353 e. The van der Waals surface area contributed by atoms with Gasteiger partial charge in [-0.05, 0) is 24.3 Å². The van der Waals surface area contributed by atoms with E-state index in [0.717, 1.165) is 18.4 Å². The number of piperidine rings is 1. The molecule has 4 nitrogen and oxygen atoms in total. The number of halogens is 1. The maximum absolute atomic E-state index is 14.8. The fourth-order valence-corrected chi connectivity index (χ4v) is 2.94. The van der Waals surface area contributed by atoms with Crippen molar-refractivity contribution in [3.05, 3.63) is 35.9 Å². The summed E-state index contributed by atoms with van der Waals surface area (Å²) in [4.78, 5) is 26.0. The van der Waals surface area contributed by atoms with Crippen LogP contribution in [0.5, 0.6) is 0 Å². The Morgan fingerprint density at radius 3 is 2.43 bits per heavy atom.